The fraction of sp³-hybridized carbons (Fsp3) is 0.125. The van der Waals surface area contributed by atoms with Crippen LogP contribution < -0.4 is 4.90 Å². The summed E-state index contributed by atoms with van der Waals surface area (Å²) in [6.07, 6.45) is 0.228. The summed E-state index contributed by atoms with van der Waals surface area (Å²) < 4.78 is 5.86. The van der Waals surface area contributed by atoms with E-state index in [0.29, 0.717) is 5.69 Å². The van der Waals surface area contributed by atoms with E-state index in [1.807, 2.05) is 0 Å². The zero-order chi connectivity index (χ0) is 16.8. The third-order valence-electron chi connectivity index (χ3n) is 3.87. The number of furan rings is 1. The summed E-state index contributed by atoms with van der Waals surface area (Å²) in [5, 5.41) is 3.65. The first kappa shape index (κ1) is 14.8. The molecule has 7 nitrogen and oxygen atoms in total. The van der Waals surface area contributed by atoms with Crippen molar-refractivity contribution in [2.24, 2.45) is 11.1 Å². The number of anilines is 1. The Morgan fingerprint density at radius 2 is 1.88 bits per heavy atom. The predicted molar refractivity (Wildman–Crippen MR) is 85.5 cm³/mol. The number of hydrogen-bond donors (Lipinski definition) is 0. The van der Waals surface area contributed by atoms with Crippen LogP contribution in [0.15, 0.2) is 56.7 Å². The van der Waals surface area contributed by atoms with E-state index in [-0.39, 0.29) is 11.5 Å². The van der Waals surface area contributed by atoms with Gasteiger partial charge in [0.2, 0.25) is 17.8 Å². The van der Waals surface area contributed by atoms with Crippen LogP contribution in [0.25, 0.3) is 0 Å². The van der Waals surface area contributed by atoms with E-state index < -0.39 is 29.6 Å². The number of benzene rings is 1. The Hall–Kier alpha value is -2.74. The molecule has 1 fully saturated rings. The molecule has 1 aromatic heterocycles. The van der Waals surface area contributed by atoms with Crippen LogP contribution in [0.1, 0.15) is 10.6 Å². The fourth-order valence-corrected chi connectivity index (χ4v) is 3.01. The lowest BCUT2D eigenvalue weighted by Crippen LogP contribution is -2.34. The van der Waals surface area contributed by atoms with Gasteiger partial charge >= 0.3 is 0 Å². The van der Waals surface area contributed by atoms with Crippen molar-refractivity contribution in [2.45, 2.75) is 6.10 Å². The Morgan fingerprint density at radius 3 is 2.54 bits per heavy atom. The van der Waals surface area contributed by atoms with Crippen molar-refractivity contribution in [2.75, 3.05) is 4.90 Å². The van der Waals surface area contributed by atoms with Crippen LogP contribution in [0.4, 0.5) is 5.69 Å². The van der Waals surface area contributed by atoms with Gasteiger partial charge in [0.25, 0.3) is 5.91 Å². The number of Topliss-reactive ketones (excluding diaryl/α,β-unsaturated/α-hetero) is 1. The standard InChI is InChI=1S/C16H9BrN2O5/c17-8-3-5-9(6-4-8)19-15(21)11-12(18-24-14(11)16(19)22)13(20)10-2-1-7-23-10/h1-7,11,14H. The number of carbonyl (C=O) groups excluding carboxylic acids is 3. The van der Waals surface area contributed by atoms with Crippen molar-refractivity contribution in [3.8, 4) is 0 Å². The average molecular weight is 389 g/mol. The van der Waals surface area contributed by atoms with E-state index in [0.717, 1.165) is 9.37 Å². The van der Waals surface area contributed by atoms with E-state index in [9.17, 15) is 14.4 Å². The summed E-state index contributed by atoms with van der Waals surface area (Å²) in [6.45, 7) is 0. The SMILES string of the molecule is O=C(C1=NOC2C(=O)N(c3ccc(Br)cc3)C(=O)C12)c1ccco1. The summed E-state index contributed by atoms with van der Waals surface area (Å²) in [5.74, 6) is -2.66. The van der Waals surface area contributed by atoms with Crippen LogP contribution in [0.2, 0.25) is 0 Å². The van der Waals surface area contributed by atoms with Gasteiger partial charge in [0, 0.05) is 4.47 Å². The molecule has 0 spiro atoms. The Kier molecular flexibility index (Phi) is 3.34. The highest BCUT2D eigenvalue weighted by atomic mass is 79.9. The van der Waals surface area contributed by atoms with Gasteiger partial charge in [-0.15, -0.1) is 0 Å². The molecule has 2 amide bonds. The Bertz CT molecular complexity index is 872. The lowest BCUT2D eigenvalue weighted by molar-refractivity contribution is -0.126. The second-order valence-corrected chi connectivity index (χ2v) is 6.19. The third kappa shape index (κ3) is 2.10. The van der Waals surface area contributed by atoms with Crippen LogP contribution in [0.3, 0.4) is 0 Å². The van der Waals surface area contributed by atoms with Gasteiger partial charge < -0.3 is 9.25 Å². The van der Waals surface area contributed by atoms with Crippen LogP contribution in [0.5, 0.6) is 0 Å². The number of amides is 2. The van der Waals surface area contributed by atoms with E-state index in [2.05, 4.69) is 21.1 Å². The quantitative estimate of drug-likeness (QED) is 0.593. The molecule has 3 heterocycles. The predicted octanol–water partition coefficient (Wildman–Crippen LogP) is 2.17. The maximum absolute atomic E-state index is 12.7. The summed E-state index contributed by atoms with van der Waals surface area (Å²) in [5.41, 5.74) is 0.295. The van der Waals surface area contributed by atoms with Gasteiger partial charge in [-0.05, 0) is 36.4 Å². The van der Waals surface area contributed by atoms with Crippen LogP contribution in [-0.4, -0.2) is 29.4 Å². The molecule has 120 valence electrons. The monoisotopic (exact) mass is 388 g/mol. The van der Waals surface area contributed by atoms with Gasteiger partial charge in [-0.3, -0.25) is 14.4 Å². The molecular weight excluding hydrogens is 380 g/mol. The molecule has 4 rings (SSSR count). The highest BCUT2D eigenvalue weighted by Gasteiger charge is 2.57. The summed E-state index contributed by atoms with van der Waals surface area (Å²) in [4.78, 5) is 43.7. The first-order valence-electron chi connectivity index (χ1n) is 7.03. The molecule has 2 unspecified atom stereocenters. The lowest BCUT2D eigenvalue weighted by Gasteiger charge is -2.15. The fourth-order valence-electron chi connectivity index (χ4n) is 2.74. The van der Waals surface area contributed by atoms with Gasteiger partial charge in [0.15, 0.2) is 5.76 Å². The topological polar surface area (TPSA) is 89.2 Å². The summed E-state index contributed by atoms with van der Waals surface area (Å²) in [6, 6.07) is 9.71. The number of carbonyl (C=O) groups is 3. The number of halogens is 1. The number of hydrogen-bond acceptors (Lipinski definition) is 6. The smallest absolute Gasteiger partial charge is 0.278 e. The maximum atomic E-state index is 12.7. The maximum Gasteiger partial charge on any atom is 0.278 e. The van der Waals surface area contributed by atoms with Crippen LogP contribution >= 0.6 is 15.9 Å². The summed E-state index contributed by atoms with van der Waals surface area (Å²) in [7, 11) is 0. The van der Waals surface area contributed by atoms with Gasteiger partial charge in [-0.2, -0.15) is 0 Å². The molecule has 1 saturated heterocycles. The molecule has 0 N–H and O–H groups in total. The first-order chi connectivity index (χ1) is 11.6. The van der Waals surface area contributed by atoms with Crippen molar-refractivity contribution < 1.29 is 23.6 Å². The molecule has 24 heavy (non-hydrogen) atoms. The van der Waals surface area contributed by atoms with Gasteiger partial charge in [-0.1, -0.05) is 21.1 Å². The number of oxime groups is 1. The minimum atomic E-state index is -1.12. The van der Waals surface area contributed by atoms with Crippen molar-refractivity contribution in [3.05, 3.63) is 52.9 Å². The normalized spacial score (nSPS) is 22.4. The van der Waals surface area contributed by atoms with E-state index >= 15 is 0 Å². The molecule has 0 saturated carbocycles. The number of fused-ring (bicyclic) bond motifs is 1. The van der Waals surface area contributed by atoms with Crippen molar-refractivity contribution in [1.82, 2.24) is 0 Å². The molecule has 0 radical (unpaired) electrons. The van der Waals surface area contributed by atoms with Crippen molar-refractivity contribution in [1.29, 1.82) is 0 Å². The van der Waals surface area contributed by atoms with Crippen molar-refractivity contribution in [3.63, 3.8) is 0 Å². The molecule has 0 bridgehead atoms. The van der Waals surface area contributed by atoms with Gasteiger partial charge in [-0.25, -0.2) is 4.90 Å². The summed E-state index contributed by atoms with van der Waals surface area (Å²) >= 11 is 3.30. The molecule has 2 atom stereocenters. The van der Waals surface area contributed by atoms with Crippen molar-refractivity contribution >= 4 is 44.9 Å². The van der Waals surface area contributed by atoms with Gasteiger partial charge in [0.05, 0.1) is 12.0 Å². The zero-order valence-electron chi connectivity index (χ0n) is 12.0. The minimum absolute atomic E-state index is 0.0420. The number of rotatable bonds is 3. The average Bonchev–Trinajstić information content (AvgIpc) is 3.29. The number of ketones is 1. The number of nitrogens with zero attached hydrogens (tertiary/aromatic N) is 2. The Balaban J connectivity index is 1.67. The third-order valence-corrected chi connectivity index (χ3v) is 4.40. The molecule has 1 aromatic carbocycles. The molecule has 2 aromatic rings. The first-order valence-corrected chi connectivity index (χ1v) is 7.82. The van der Waals surface area contributed by atoms with Gasteiger partial charge in [0.1, 0.15) is 11.6 Å². The Morgan fingerprint density at radius 1 is 1.12 bits per heavy atom. The van der Waals surface area contributed by atoms with E-state index in [4.69, 9.17) is 9.25 Å². The molecule has 8 heteroatoms. The second kappa shape index (κ2) is 5.41. The molecule has 2 aliphatic heterocycles. The Labute approximate surface area is 144 Å². The second-order valence-electron chi connectivity index (χ2n) is 5.27. The largest absolute Gasteiger partial charge is 0.461 e. The van der Waals surface area contributed by atoms with E-state index in [1.165, 1.54) is 12.3 Å². The zero-order valence-corrected chi connectivity index (χ0v) is 13.6. The lowest BCUT2D eigenvalue weighted by atomic mass is 9.96. The molecule has 2 aliphatic rings. The number of imide groups is 1. The molecule has 0 aliphatic carbocycles. The highest BCUT2D eigenvalue weighted by molar-refractivity contribution is 9.10. The van der Waals surface area contributed by atoms with Crippen LogP contribution in [0, 0.1) is 5.92 Å². The minimum Gasteiger partial charge on any atom is -0.461 e. The van der Waals surface area contributed by atoms with Crippen LogP contribution in [-0.2, 0) is 14.4 Å². The highest BCUT2D eigenvalue weighted by Crippen LogP contribution is 2.34. The van der Waals surface area contributed by atoms with E-state index in [1.54, 1.807) is 30.3 Å². The molecular formula is C16H9BrN2O5.